The first-order chi connectivity index (χ1) is 9.53. The number of hydrogen-bond acceptors (Lipinski definition) is 0. The van der Waals surface area contributed by atoms with Crippen molar-refractivity contribution in [3.8, 4) is 0 Å². The summed E-state index contributed by atoms with van der Waals surface area (Å²) in [6.07, 6.45) is 7.24. The van der Waals surface area contributed by atoms with E-state index in [0.717, 1.165) is 6.42 Å². The summed E-state index contributed by atoms with van der Waals surface area (Å²) in [5.74, 6) is 0. The average Bonchev–Trinajstić information content (AvgIpc) is 2.85. The van der Waals surface area contributed by atoms with Crippen LogP contribution in [0.2, 0.25) is 19.6 Å². The Balaban J connectivity index is -0.00000121. The molecule has 0 amide bonds. The van der Waals surface area contributed by atoms with Crippen molar-refractivity contribution in [3.05, 3.63) is 57.3 Å². The van der Waals surface area contributed by atoms with Crippen LogP contribution in [0, 0.1) is 26.8 Å². The molecule has 0 saturated carbocycles. The van der Waals surface area contributed by atoms with Gasteiger partial charge < -0.3 is 37.2 Å². The maximum Gasteiger partial charge on any atom is 4.00 e. The third-order valence-electron chi connectivity index (χ3n) is 5.01. The molecule has 0 aliphatic heterocycles. The van der Waals surface area contributed by atoms with Crippen LogP contribution in [0.4, 0.5) is 0 Å². The van der Waals surface area contributed by atoms with Gasteiger partial charge in [-0.15, -0.1) is 0 Å². The van der Waals surface area contributed by atoms with Gasteiger partial charge in [0.15, 0.2) is 0 Å². The zero-order chi connectivity index (χ0) is 16.0. The molecule has 2 rings (SSSR count). The van der Waals surface area contributed by atoms with Gasteiger partial charge in [-0.3, -0.25) is 6.08 Å². The van der Waals surface area contributed by atoms with Crippen LogP contribution in [-0.4, -0.2) is 8.07 Å². The molecule has 138 valence electrons. The Morgan fingerprint density at radius 2 is 1.36 bits per heavy atom. The smallest absolute Gasteiger partial charge is 1.00 e. The summed E-state index contributed by atoms with van der Waals surface area (Å²) in [7, 11) is -1.25. The maximum atomic E-state index is 3.76. The zero-order valence-electron chi connectivity index (χ0n) is 16.6. The molecule has 0 nitrogen and oxygen atoms in total. The molecule has 0 aromatic heterocycles. The van der Waals surface area contributed by atoms with E-state index in [1.165, 1.54) is 33.0 Å². The first-order valence-corrected chi connectivity index (χ1v) is 11.5. The van der Waals surface area contributed by atoms with Crippen molar-refractivity contribution in [2.24, 2.45) is 0 Å². The molecule has 0 fully saturated rings. The molecule has 1 aromatic rings. The third-order valence-corrected chi connectivity index (χ3v) is 6.95. The molecule has 0 heterocycles. The van der Waals surface area contributed by atoms with Gasteiger partial charge >= 0.3 is 21.7 Å². The van der Waals surface area contributed by atoms with Gasteiger partial charge in [-0.05, 0) is 48.4 Å². The van der Waals surface area contributed by atoms with E-state index in [9.17, 15) is 0 Å². The summed E-state index contributed by atoms with van der Waals surface area (Å²) in [5.41, 5.74) is 7.16. The van der Waals surface area contributed by atoms with Gasteiger partial charge in [0.2, 0.25) is 0 Å². The van der Waals surface area contributed by atoms with Gasteiger partial charge in [0.1, 0.15) is 0 Å². The topological polar surface area (TPSA) is 0 Å². The fraction of sp³-hybridized carbons (Fsp3) is 0.500. The predicted molar refractivity (Wildman–Crippen MR) is 96.5 cm³/mol. The van der Waals surface area contributed by atoms with Gasteiger partial charge in [0.05, 0.1) is 0 Å². The fourth-order valence-electron chi connectivity index (χ4n) is 2.94. The van der Waals surface area contributed by atoms with E-state index >= 15 is 0 Å². The molecule has 0 unspecified atom stereocenters. The summed E-state index contributed by atoms with van der Waals surface area (Å²) in [5, 5.41) is 1.49. The van der Waals surface area contributed by atoms with Crippen LogP contribution in [0.3, 0.4) is 0 Å². The van der Waals surface area contributed by atoms with E-state index in [4.69, 9.17) is 0 Å². The molecule has 0 N–H and O–H groups in total. The number of hydrogen-bond donors (Lipinski definition) is 0. The molecule has 25 heavy (non-hydrogen) atoms. The second kappa shape index (κ2) is 10.7. The van der Waals surface area contributed by atoms with Gasteiger partial charge in [-0.25, -0.2) is 11.3 Å². The van der Waals surface area contributed by atoms with E-state index in [-0.39, 0.29) is 64.4 Å². The van der Waals surface area contributed by atoms with Gasteiger partial charge in [-0.2, -0.15) is 5.57 Å². The van der Waals surface area contributed by atoms with Crippen LogP contribution < -0.4 is 37.2 Å². The molecule has 0 saturated heterocycles. The van der Waals surface area contributed by atoms with E-state index in [1.54, 1.807) is 0 Å². The van der Waals surface area contributed by atoms with Crippen molar-refractivity contribution < 1.29 is 58.9 Å². The van der Waals surface area contributed by atoms with Crippen LogP contribution >= 0.6 is 0 Å². The van der Waals surface area contributed by atoms with Crippen LogP contribution in [0.25, 0.3) is 0 Å². The molecular weight excluding hydrogens is 423 g/mol. The number of halogens is 3. The number of rotatable bonds is 3. The Bertz CT molecular complexity index is 618. The fourth-order valence-corrected chi connectivity index (χ4v) is 4.18. The second-order valence-electron chi connectivity index (χ2n) is 8.04. The minimum Gasteiger partial charge on any atom is -1.00 e. The molecule has 0 bridgehead atoms. The zero-order valence-corrected chi connectivity index (χ0v) is 21.4. The third kappa shape index (κ3) is 6.56. The summed E-state index contributed by atoms with van der Waals surface area (Å²) < 4.78 is 0. The Morgan fingerprint density at radius 3 is 1.72 bits per heavy atom. The van der Waals surface area contributed by atoms with E-state index < -0.39 is 8.07 Å². The Kier molecular flexibility index (Phi) is 13.0. The molecule has 5 heteroatoms. The van der Waals surface area contributed by atoms with Crippen molar-refractivity contribution in [3.63, 3.8) is 0 Å². The van der Waals surface area contributed by atoms with Crippen molar-refractivity contribution in [1.82, 2.24) is 0 Å². The van der Waals surface area contributed by atoms with Crippen molar-refractivity contribution in [2.45, 2.75) is 66.1 Å². The van der Waals surface area contributed by atoms with Crippen LogP contribution in [0.15, 0.2) is 29.0 Å². The van der Waals surface area contributed by atoms with E-state index in [1.807, 2.05) is 0 Å². The van der Waals surface area contributed by atoms with Crippen LogP contribution in [0.1, 0.15) is 42.5 Å². The monoisotopic (exact) mass is 450 g/mol. The quantitative estimate of drug-likeness (QED) is 0.336. The predicted octanol–water partition coefficient (Wildman–Crippen LogP) is -3.16. The molecule has 1 aliphatic carbocycles. The summed E-state index contributed by atoms with van der Waals surface area (Å²) in [6.45, 7) is 18.6. The van der Waals surface area contributed by atoms with Crippen LogP contribution in [0.5, 0.6) is 0 Å². The number of aryl methyl sites for hydroxylation is 2. The average molecular weight is 452 g/mol. The van der Waals surface area contributed by atoms with Gasteiger partial charge in [0.25, 0.3) is 0 Å². The molecule has 1 aromatic carbocycles. The molecular formula is C20H29Cl3SiTi. The number of allylic oxidation sites excluding steroid dienone is 4. The maximum absolute atomic E-state index is 3.76. The Morgan fingerprint density at radius 1 is 0.920 bits per heavy atom. The van der Waals surface area contributed by atoms with Gasteiger partial charge in [-0.1, -0.05) is 52.0 Å². The SMILES string of the molecule is Cc1cc(C(C)(C)C2=[C-]C([Si](C)(C)C)=CC2)cc(C)c1C.[Cl-].[Cl-].[Cl-].[Ti+4]. The first-order valence-electron chi connectivity index (χ1n) is 7.96. The standard InChI is InChI=1S/C20H29Si.3ClH.Ti/c1-14-11-18(12-15(2)16(14)3)20(4,5)17-9-10-19(13-17)21(6,7)8;;;;/h10-12H,9H2,1-8H3;3*1H;/q-1;;;;+4/p-3. The second-order valence-corrected chi connectivity index (χ2v) is 13.1. The summed E-state index contributed by atoms with van der Waals surface area (Å²) in [4.78, 5) is 0. The van der Waals surface area contributed by atoms with Crippen molar-refractivity contribution in [2.75, 3.05) is 0 Å². The normalized spacial score (nSPS) is 13.4. The summed E-state index contributed by atoms with van der Waals surface area (Å²) >= 11 is 0. The minimum absolute atomic E-state index is 0. The Hall–Kier alpha value is 0.501. The molecule has 1 aliphatic rings. The summed E-state index contributed by atoms with van der Waals surface area (Å²) in [6, 6.07) is 4.73. The molecule has 0 atom stereocenters. The van der Waals surface area contributed by atoms with Gasteiger partial charge in [0, 0.05) is 8.07 Å². The minimum atomic E-state index is -1.25. The molecule has 0 radical (unpaired) electrons. The molecule has 0 spiro atoms. The van der Waals surface area contributed by atoms with Crippen LogP contribution in [-0.2, 0) is 27.1 Å². The van der Waals surface area contributed by atoms with Crippen molar-refractivity contribution in [1.29, 1.82) is 0 Å². The number of benzene rings is 1. The van der Waals surface area contributed by atoms with E-state index in [0.29, 0.717) is 0 Å². The Labute approximate surface area is 189 Å². The largest absolute Gasteiger partial charge is 4.00 e. The van der Waals surface area contributed by atoms with E-state index in [2.05, 4.69) is 78.5 Å². The first kappa shape index (κ1) is 30.2. The van der Waals surface area contributed by atoms with Crippen molar-refractivity contribution >= 4 is 8.07 Å².